The average molecular weight is 493 g/mol. The third kappa shape index (κ3) is 5.54. The molecule has 1 N–H and O–H groups in total. The molecule has 1 unspecified atom stereocenters. The van der Waals surface area contributed by atoms with Crippen molar-refractivity contribution in [3.8, 4) is 0 Å². The molecule has 0 bridgehead atoms. The maximum atomic E-state index is 13.1. The maximum absolute atomic E-state index is 13.1. The van der Waals surface area contributed by atoms with Gasteiger partial charge in [-0.1, -0.05) is 13.8 Å². The molecular formula is C26H32N6O4. The standard InChI is InChI=1S/C26H32N6O4/c1-6-35-23(33)15-32-25(28-29-30-32)24(16(2)3)31(14-21-8-7-9-36-21)13-20-12-19-10-17(4)18(5)11-22(19)27-26(20)34/h7-12,16,24H,6,13-15H2,1-5H3,(H,27,34). The summed E-state index contributed by atoms with van der Waals surface area (Å²) in [6.45, 7) is 10.9. The number of aryl methyl sites for hydroxylation is 2. The second-order valence-electron chi connectivity index (χ2n) is 9.32. The Bertz CT molecular complexity index is 1390. The number of aromatic amines is 1. The highest BCUT2D eigenvalue weighted by molar-refractivity contribution is 5.80. The van der Waals surface area contributed by atoms with Crippen LogP contribution in [0.3, 0.4) is 0 Å². The van der Waals surface area contributed by atoms with Gasteiger partial charge in [0.2, 0.25) is 0 Å². The van der Waals surface area contributed by atoms with Crippen molar-refractivity contribution in [3.05, 3.63) is 75.2 Å². The van der Waals surface area contributed by atoms with Crippen molar-refractivity contribution < 1.29 is 13.9 Å². The van der Waals surface area contributed by atoms with Crippen LogP contribution in [0.25, 0.3) is 10.9 Å². The number of rotatable bonds is 10. The molecule has 0 aliphatic rings. The Morgan fingerprint density at radius 1 is 1.19 bits per heavy atom. The molecule has 0 radical (unpaired) electrons. The van der Waals surface area contributed by atoms with Gasteiger partial charge in [0.05, 0.1) is 25.5 Å². The summed E-state index contributed by atoms with van der Waals surface area (Å²) in [5.74, 6) is 0.904. The van der Waals surface area contributed by atoms with Crippen molar-refractivity contribution >= 4 is 16.9 Å². The van der Waals surface area contributed by atoms with E-state index in [1.54, 1.807) is 13.2 Å². The van der Waals surface area contributed by atoms with Gasteiger partial charge >= 0.3 is 5.97 Å². The molecule has 10 heteroatoms. The lowest BCUT2D eigenvalue weighted by Gasteiger charge is -2.32. The fourth-order valence-corrected chi connectivity index (χ4v) is 4.46. The predicted octanol–water partition coefficient (Wildman–Crippen LogP) is 3.69. The number of esters is 1. The first-order valence-corrected chi connectivity index (χ1v) is 12.1. The number of carbonyl (C=O) groups is 1. The summed E-state index contributed by atoms with van der Waals surface area (Å²) in [6.07, 6.45) is 1.62. The third-order valence-corrected chi connectivity index (χ3v) is 6.28. The molecule has 3 heterocycles. The number of tetrazole rings is 1. The van der Waals surface area contributed by atoms with Crippen LogP contribution in [-0.2, 0) is 29.2 Å². The number of hydrogen-bond donors (Lipinski definition) is 1. The average Bonchev–Trinajstić information content (AvgIpc) is 3.48. The molecule has 4 rings (SSSR count). The van der Waals surface area contributed by atoms with Crippen molar-refractivity contribution in [2.45, 2.75) is 60.3 Å². The molecule has 0 aliphatic carbocycles. The Balaban J connectivity index is 1.74. The summed E-state index contributed by atoms with van der Waals surface area (Å²) in [5, 5.41) is 13.1. The number of nitrogens with one attached hydrogen (secondary N) is 1. The number of nitrogens with zero attached hydrogens (tertiary/aromatic N) is 5. The largest absolute Gasteiger partial charge is 0.468 e. The molecular weight excluding hydrogens is 460 g/mol. The zero-order chi connectivity index (χ0) is 25.8. The Hall–Kier alpha value is -3.79. The highest BCUT2D eigenvalue weighted by atomic mass is 16.5. The summed E-state index contributed by atoms with van der Waals surface area (Å²) in [4.78, 5) is 30.4. The van der Waals surface area contributed by atoms with Gasteiger partial charge in [0.15, 0.2) is 5.82 Å². The topological polar surface area (TPSA) is 119 Å². The van der Waals surface area contributed by atoms with Crippen LogP contribution >= 0.6 is 0 Å². The Labute approximate surface area is 209 Å². The number of pyridine rings is 1. The number of fused-ring (bicyclic) bond motifs is 1. The van der Waals surface area contributed by atoms with Gasteiger partial charge in [-0.3, -0.25) is 14.5 Å². The minimum Gasteiger partial charge on any atom is -0.468 e. The van der Waals surface area contributed by atoms with Gasteiger partial charge in [-0.15, -0.1) is 5.10 Å². The molecule has 190 valence electrons. The van der Waals surface area contributed by atoms with E-state index in [0.717, 1.165) is 27.8 Å². The molecule has 0 amide bonds. The molecule has 0 aliphatic heterocycles. The lowest BCUT2D eigenvalue weighted by atomic mass is 9.99. The first-order valence-electron chi connectivity index (χ1n) is 12.1. The van der Waals surface area contributed by atoms with Gasteiger partial charge in [0, 0.05) is 17.6 Å². The molecule has 1 atom stereocenters. The van der Waals surface area contributed by atoms with Crippen LogP contribution in [0, 0.1) is 19.8 Å². The molecule has 0 spiro atoms. The number of benzene rings is 1. The number of carbonyl (C=O) groups excluding carboxylic acids is 1. The van der Waals surface area contributed by atoms with Crippen LogP contribution in [0.4, 0.5) is 0 Å². The second kappa shape index (κ2) is 10.9. The van der Waals surface area contributed by atoms with Gasteiger partial charge < -0.3 is 14.1 Å². The molecule has 0 fully saturated rings. The summed E-state index contributed by atoms with van der Waals surface area (Å²) in [5.41, 5.74) is 3.56. The van der Waals surface area contributed by atoms with E-state index in [-0.39, 0.29) is 30.7 Å². The summed E-state index contributed by atoms with van der Waals surface area (Å²) < 4.78 is 12.2. The van der Waals surface area contributed by atoms with Crippen molar-refractivity contribution in [1.29, 1.82) is 0 Å². The van der Waals surface area contributed by atoms with E-state index in [4.69, 9.17) is 9.15 Å². The monoisotopic (exact) mass is 492 g/mol. The zero-order valence-electron chi connectivity index (χ0n) is 21.3. The van der Waals surface area contributed by atoms with E-state index < -0.39 is 5.97 Å². The van der Waals surface area contributed by atoms with E-state index in [9.17, 15) is 9.59 Å². The molecule has 36 heavy (non-hydrogen) atoms. The fraction of sp³-hybridized carbons (Fsp3) is 0.423. The van der Waals surface area contributed by atoms with Crippen LogP contribution < -0.4 is 5.56 Å². The first-order chi connectivity index (χ1) is 17.3. The lowest BCUT2D eigenvalue weighted by molar-refractivity contribution is -0.144. The van der Waals surface area contributed by atoms with Crippen LogP contribution in [0.1, 0.15) is 55.1 Å². The minimum atomic E-state index is -0.414. The van der Waals surface area contributed by atoms with E-state index in [0.29, 0.717) is 24.5 Å². The Kier molecular flexibility index (Phi) is 7.64. The van der Waals surface area contributed by atoms with Gasteiger partial charge in [-0.25, -0.2) is 4.68 Å². The lowest BCUT2D eigenvalue weighted by Crippen LogP contribution is -2.35. The summed E-state index contributed by atoms with van der Waals surface area (Å²) in [7, 11) is 0. The number of aromatic nitrogens is 5. The number of H-pyrrole nitrogens is 1. The smallest absolute Gasteiger partial charge is 0.327 e. The first kappa shape index (κ1) is 25.3. The number of hydrogen-bond acceptors (Lipinski definition) is 8. The van der Waals surface area contributed by atoms with Crippen molar-refractivity contribution in [2.75, 3.05) is 6.61 Å². The van der Waals surface area contributed by atoms with E-state index in [2.05, 4.69) is 52.2 Å². The third-order valence-electron chi connectivity index (χ3n) is 6.28. The zero-order valence-corrected chi connectivity index (χ0v) is 21.3. The summed E-state index contributed by atoms with van der Waals surface area (Å²) in [6, 6.07) is 9.43. The summed E-state index contributed by atoms with van der Waals surface area (Å²) >= 11 is 0. The minimum absolute atomic E-state index is 0.0522. The van der Waals surface area contributed by atoms with E-state index >= 15 is 0 Å². The molecule has 0 saturated heterocycles. The second-order valence-corrected chi connectivity index (χ2v) is 9.32. The normalized spacial score (nSPS) is 12.5. The van der Waals surface area contributed by atoms with Gasteiger partial charge in [-0.05, 0) is 84.0 Å². The Morgan fingerprint density at radius 3 is 2.67 bits per heavy atom. The van der Waals surface area contributed by atoms with Gasteiger partial charge in [0.25, 0.3) is 5.56 Å². The van der Waals surface area contributed by atoms with Crippen molar-refractivity contribution in [3.63, 3.8) is 0 Å². The maximum Gasteiger partial charge on any atom is 0.327 e. The predicted molar refractivity (Wildman–Crippen MR) is 134 cm³/mol. The Morgan fingerprint density at radius 2 is 1.97 bits per heavy atom. The van der Waals surface area contributed by atoms with Gasteiger partial charge in [-0.2, -0.15) is 0 Å². The molecule has 4 aromatic rings. The SMILES string of the molecule is CCOC(=O)Cn1nnnc1C(C(C)C)N(Cc1ccco1)Cc1cc2cc(C)c(C)cc2[nH]c1=O. The molecule has 10 nitrogen and oxygen atoms in total. The molecule has 0 saturated carbocycles. The highest BCUT2D eigenvalue weighted by Gasteiger charge is 2.31. The van der Waals surface area contributed by atoms with Gasteiger partial charge in [0.1, 0.15) is 12.3 Å². The van der Waals surface area contributed by atoms with Crippen LogP contribution in [0.15, 0.2) is 45.8 Å². The van der Waals surface area contributed by atoms with Crippen LogP contribution in [-0.4, -0.2) is 42.7 Å². The van der Waals surface area contributed by atoms with Crippen molar-refractivity contribution in [2.24, 2.45) is 5.92 Å². The molecule has 3 aromatic heterocycles. The fourth-order valence-electron chi connectivity index (χ4n) is 4.46. The van der Waals surface area contributed by atoms with Crippen LogP contribution in [0.2, 0.25) is 0 Å². The van der Waals surface area contributed by atoms with Crippen molar-refractivity contribution in [1.82, 2.24) is 30.1 Å². The number of furan rings is 1. The quantitative estimate of drug-likeness (QED) is 0.333. The number of ether oxygens (including phenoxy) is 1. The van der Waals surface area contributed by atoms with Crippen LogP contribution in [0.5, 0.6) is 0 Å². The van der Waals surface area contributed by atoms with E-state index in [1.807, 2.05) is 31.2 Å². The van der Waals surface area contributed by atoms with E-state index in [1.165, 1.54) is 4.68 Å². The molecule has 1 aromatic carbocycles. The highest BCUT2D eigenvalue weighted by Crippen LogP contribution is 2.30.